The van der Waals surface area contributed by atoms with Crippen molar-refractivity contribution in [2.24, 2.45) is 0 Å². The summed E-state index contributed by atoms with van der Waals surface area (Å²) in [4.78, 5) is 17.5. The largest absolute Gasteiger partial charge is 0.324 e. The van der Waals surface area contributed by atoms with Gasteiger partial charge in [-0.2, -0.15) is 0 Å². The number of H-pyrrole nitrogens is 1. The molecule has 15 heavy (non-hydrogen) atoms. The molecule has 0 amide bonds. The van der Waals surface area contributed by atoms with Gasteiger partial charge in [0.1, 0.15) is 0 Å². The molecule has 1 aromatic heterocycles. The third-order valence-corrected chi connectivity index (χ3v) is 2.13. The molecule has 0 aliphatic carbocycles. The highest BCUT2D eigenvalue weighted by molar-refractivity contribution is 6.33. The smallest absolute Gasteiger partial charge is 0.252 e. The highest BCUT2D eigenvalue weighted by Crippen LogP contribution is 2.22. The van der Waals surface area contributed by atoms with Gasteiger partial charge in [0.25, 0.3) is 5.56 Å². The number of nitrogens with zero attached hydrogens (tertiary/aromatic N) is 1. The van der Waals surface area contributed by atoms with Crippen molar-refractivity contribution in [3.05, 3.63) is 51.9 Å². The van der Waals surface area contributed by atoms with E-state index < -0.39 is 0 Å². The number of aromatic nitrogens is 2. The fraction of sp³-hybridized carbons (Fsp3) is 0. The maximum absolute atomic E-state index is 11.0. The Hall–Kier alpha value is -1.81. The average molecular weight is 222 g/mol. The van der Waals surface area contributed by atoms with Gasteiger partial charge in [0.15, 0.2) is 0 Å². The first-order valence-corrected chi connectivity index (χ1v) is 4.70. The monoisotopic (exact) mass is 221 g/mol. The molecule has 76 valence electrons. The molecule has 0 aliphatic heterocycles. The summed E-state index contributed by atoms with van der Waals surface area (Å²) in [7, 11) is 0. The van der Waals surface area contributed by atoms with E-state index in [-0.39, 0.29) is 5.56 Å². The summed E-state index contributed by atoms with van der Waals surface area (Å²) in [6, 6.07) is 8.57. The lowest BCUT2D eigenvalue weighted by atomic mass is 10.3. The van der Waals surface area contributed by atoms with Crippen molar-refractivity contribution in [3.63, 3.8) is 0 Å². The second-order valence-electron chi connectivity index (χ2n) is 2.89. The minimum atomic E-state index is -0.209. The van der Waals surface area contributed by atoms with Gasteiger partial charge < -0.3 is 5.32 Å². The predicted octanol–water partition coefficient (Wildman–Crippen LogP) is 2.17. The van der Waals surface area contributed by atoms with Crippen LogP contribution >= 0.6 is 11.6 Å². The fourth-order valence-corrected chi connectivity index (χ4v) is 1.31. The molecule has 0 bridgehead atoms. The highest BCUT2D eigenvalue weighted by atomic mass is 35.5. The normalized spacial score (nSPS) is 9.93. The molecule has 2 N–H and O–H groups in total. The van der Waals surface area contributed by atoms with E-state index in [1.807, 2.05) is 12.1 Å². The van der Waals surface area contributed by atoms with Gasteiger partial charge in [-0.05, 0) is 12.1 Å². The number of aromatic amines is 1. The van der Waals surface area contributed by atoms with E-state index in [1.165, 1.54) is 12.3 Å². The molecule has 0 atom stereocenters. The van der Waals surface area contributed by atoms with Gasteiger partial charge in [-0.25, -0.2) is 4.98 Å². The predicted molar refractivity (Wildman–Crippen MR) is 59.6 cm³/mol. The van der Waals surface area contributed by atoms with Crippen LogP contribution < -0.4 is 10.9 Å². The Labute approximate surface area is 90.9 Å². The van der Waals surface area contributed by atoms with E-state index >= 15 is 0 Å². The molecule has 2 aromatic rings. The SMILES string of the molecule is O=c1ccnc(Nc2ccccc2Cl)[nH]1. The summed E-state index contributed by atoms with van der Waals surface area (Å²) in [5, 5.41) is 3.49. The molecular formula is C10H8ClN3O. The summed E-state index contributed by atoms with van der Waals surface area (Å²) in [5.41, 5.74) is 0.494. The molecule has 2 rings (SSSR count). The van der Waals surface area contributed by atoms with E-state index in [0.717, 1.165) is 0 Å². The molecule has 1 heterocycles. The maximum Gasteiger partial charge on any atom is 0.252 e. The topological polar surface area (TPSA) is 57.8 Å². The zero-order valence-electron chi connectivity index (χ0n) is 7.70. The zero-order valence-corrected chi connectivity index (χ0v) is 8.45. The molecular weight excluding hydrogens is 214 g/mol. The van der Waals surface area contributed by atoms with E-state index in [0.29, 0.717) is 16.7 Å². The summed E-state index contributed by atoms with van der Waals surface area (Å²) in [6.07, 6.45) is 1.43. The van der Waals surface area contributed by atoms with Gasteiger partial charge in [0, 0.05) is 12.3 Å². The van der Waals surface area contributed by atoms with Gasteiger partial charge in [0.05, 0.1) is 10.7 Å². The van der Waals surface area contributed by atoms with Gasteiger partial charge in [-0.3, -0.25) is 9.78 Å². The molecule has 1 aromatic carbocycles. The molecule has 0 fully saturated rings. The number of hydrogen-bond acceptors (Lipinski definition) is 3. The Kier molecular flexibility index (Phi) is 2.69. The van der Waals surface area contributed by atoms with Crippen LogP contribution in [0.2, 0.25) is 5.02 Å². The number of nitrogens with one attached hydrogen (secondary N) is 2. The minimum Gasteiger partial charge on any atom is -0.324 e. The van der Waals surface area contributed by atoms with Gasteiger partial charge >= 0.3 is 0 Å². The standard InChI is InChI=1S/C10H8ClN3O/c11-7-3-1-2-4-8(7)13-10-12-6-5-9(15)14-10/h1-6H,(H2,12,13,14,15). The van der Waals surface area contributed by atoms with Gasteiger partial charge in [0.2, 0.25) is 5.95 Å². The van der Waals surface area contributed by atoms with Crippen molar-refractivity contribution in [1.82, 2.24) is 9.97 Å². The van der Waals surface area contributed by atoms with Crippen LogP contribution in [0, 0.1) is 0 Å². The van der Waals surface area contributed by atoms with Crippen molar-refractivity contribution in [3.8, 4) is 0 Å². The minimum absolute atomic E-state index is 0.209. The first-order valence-electron chi connectivity index (χ1n) is 4.32. The van der Waals surface area contributed by atoms with E-state index in [9.17, 15) is 4.79 Å². The third-order valence-electron chi connectivity index (χ3n) is 1.80. The molecule has 0 saturated carbocycles. The van der Waals surface area contributed by atoms with E-state index in [1.54, 1.807) is 12.1 Å². The number of hydrogen-bond donors (Lipinski definition) is 2. The zero-order chi connectivity index (χ0) is 10.7. The van der Waals surface area contributed by atoms with E-state index in [2.05, 4.69) is 15.3 Å². The molecule has 0 spiro atoms. The summed E-state index contributed by atoms with van der Waals surface area (Å²) in [5.74, 6) is 0.371. The molecule has 0 aliphatic rings. The summed E-state index contributed by atoms with van der Waals surface area (Å²) < 4.78 is 0. The molecule has 0 unspecified atom stereocenters. The lowest BCUT2D eigenvalue weighted by Crippen LogP contribution is -2.08. The van der Waals surface area contributed by atoms with Crippen LogP contribution in [0.4, 0.5) is 11.6 Å². The molecule has 5 heteroatoms. The Morgan fingerprint density at radius 1 is 1.27 bits per heavy atom. The number of anilines is 2. The van der Waals surface area contributed by atoms with Crippen LogP contribution in [0.25, 0.3) is 0 Å². The molecule has 4 nitrogen and oxygen atoms in total. The number of halogens is 1. The molecule has 0 radical (unpaired) electrons. The number of benzene rings is 1. The van der Waals surface area contributed by atoms with Crippen LogP contribution in [0.15, 0.2) is 41.3 Å². The van der Waals surface area contributed by atoms with Crippen molar-refractivity contribution >= 4 is 23.2 Å². The van der Waals surface area contributed by atoms with Crippen molar-refractivity contribution < 1.29 is 0 Å². The van der Waals surface area contributed by atoms with Crippen LogP contribution in [0.1, 0.15) is 0 Å². The Balaban J connectivity index is 2.30. The van der Waals surface area contributed by atoms with Crippen molar-refractivity contribution in [2.75, 3.05) is 5.32 Å². The maximum atomic E-state index is 11.0. The summed E-state index contributed by atoms with van der Waals surface area (Å²) >= 11 is 5.93. The van der Waals surface area contributed by atoms with Gasteiger partial charge in [-0.15, -0.1) is 0 Å². The Morgan fingerprint density at radius 3 is 2.80 bits per heavy atom. The Morgan fingerprint density at radius 2 is 2.07 bits per heavy atom. The Bertz CT molecular complexity index is 524. The lowest BCUT2D eigenvalue weighted by Gasteiger charge is -2.05. The molecule has 0 saturated heterocycles. The first kappa shape index (κ1) is 9.73. The summed E-state index contributed by atoms with van der Waals surface area (Å²) in [6.45, 7) is 0. The van der Waals surface area contributed by atoms with Crippen molar-refractivity contribution in [2.45, 2.75) is 0 Å². The van der Waals surface area contributed by atoms with Crippen LogP contribution in [0.3, 0.4) is 0 Å². The van der Waals surface area contributed by atoms with Crippen LogP contribution in [-0.4, -0.2) is 9.97 Å². The third kappa shape index (κ3) is 2.35. The van der Waals surface area contributed by atoms with Gasteiger partial charge in [-0.1, -0.05) is 23.7 Å². The first-order chi connectivity index (χ1) is 7.25. The highest BCUT2D eigenvalue weighted by Gasteiger charge is 1.99. The number of rotatable bonds is 2. The number of para-hydroxylation sites is 1. The second-order valence-corrected chi connectivity index (χ2v) is 3.29. The average Bonchev–Trinajstić information content (AvgIpc) is 2.22. The lowest BCUT2D eigenvalue weighted by molar-refractivity contribution is 1.12. The fourth-order valence-electron chi connectivity index (χ4n) is 1.12. The van der Waals surface area contributed by atoms with Crippen LogP contribution in [-0.2, 0) is 0 Å². The second kappa shape index (κ2) is 4.14. The van der Waals surface area contributed by atoms with E-state index in [4.69, 9.17) is 11.6 Å². The van der Waals surface area contributed by atoms with Crippen molar-refractivity contribution in [1.29, 1.82) is 0 Å². The quantitative estimate of drug-likeness (QED) is 0.817. The van der Waals surface area contributed by atoms with Crippen LogP contribution in [0.5, 0.6) is 0 Å².